The third kappa shape index (κ3) is 4.17. The first kappa shape index (κ1) is 20.7. The molecule has 1 fully saturated rings. The highest BCUT2D eigenvalue weighted by Gasteiger charge is 2.26. The zero-order chi connectivity index (χ0) is 20.4. The van der Waals surface area contributed by atoms with Gasteiger partial charge < -0.3 is 4.90 Å². The normalized spacial score (nSPS) is 18.3. The lowest BCUT2D eigenvalue weighted by Gasteiger charge is -2.24. The molecule has 1 unspecified atom stereocenters. The molecular formula is C22H29N3O2S2. The molecule has 7 heteroatoms. The maximum absolute atomic E-state index is 13.3. The summed E-state index contributed by atoms with van der Waals surface area (Å²) in [5.41, 5.74) is 1.23. The molecule has 0 saturated carbocycles. The molecule has 0 bridgehead atoms. The molecule has 0 N–H and O–H groups in total. The molecule has 156 valence electrons. The number of thioether (sulfide) groups is 1. The van der Waals surface area contributed by atoms with Crippen LogP contribution in [0.5, 0.6) is 0 Å². The quantitative estimate of drug-likeness (QED) is 0.400. The van der Waals surface area contributed by atoms with Crippen LogP contribution >= 0.6 is 23.1 Å². The average molecular weight is 432 g/mol. The van der Waals surface area contributed by atoms with Crippen molar-refractivity contribution in [3.05, 3.63) is 33.4 Å². The van der Waals surface area contributed by atoms with Gasteiger partial charge in [-0.3, -0.25) is 14.2 Å². The predicted molar refractivity (Wildman–Crippen MR) is 121 cm³/mol. The molecule has 3 heterocycles. The van der Waals surface area contributed by atoms with Gasteiger partial charge in [-0.2, -0.15) is 0 Å². The fourth-order valence-corrected chi connectivity index (χ4v) is 6.66. The maximum Gasteiger partial charge on any atom is 0.263 e. The highest BCUT2D eigenvalue weighted by Crippen LogP contribution is 2.35. The van der Waals surface area contributed by atoms with Gasteiger partial charge in [-0.05, 0) is 51.0 Å². The van der Waals surface area contributed by atoms with E-state index < -0.39 is 0 Å². The van der Waals surface area contributed by atoms with E-state index in [1.54, 1.807) is 22.0 Å². The van der Waals surface area contributed by atoms with Crippen molar-refractivity contribution in [2.45, 2.75) is 75.2 Å². The molecular weight excluding hydrogens is 402 g/mol. The van der Waals surface area contributed by atoms with Gasteiger partial charge in [-0.15, -0.1) is 17.9 Å². The molecule has 2 aliphatic rings. The minimum absolute atomic E-state index is 0.0196. The van der Waals surface area contributed by atoms with Gasteiger partial charge in [0.1, 0.15) is 4.83 Å². The molecule has 0 aromatic carbocycles. The highest BCUT2D eigenvalue weighted by atomic mass is 32.2. The lowest BCUT2D eigenvalue weighted by molar-refractivity contribution is -0.130. The summed E-state index contributed by atoms with van der Waals surface area (Å²) in [6.45, 7) is 7.86. The summed E-state index contributed by atoms with van der Waals surface area (Å²) >= 11 is 3.08. The Morgan fingerprint density at radius 1 is 1.21 bits per heavy atom. The van der Waals surface area contributed by atoms with E-state index in [-0.39, 0.29) is 16.7 Å². The number of hydrogen-bond acceptors (Lipinski definition) is 5. The second-order valence-corrected chi connectivity index (χ2v) is 10.4. The minimum Gasteiger partial charge on any atom is -0.342 e. The number of carbonyl (C=O) groups is 1. The van der Waals surface area contributed by atoms with Gasteiger partial charge in [0.15, 0.2) is 5.16 Å². The number of carbonyl (C=O) groups excluding carboxylic acids is 1. The summed E-state index contributed by atoms with van der Waals surface area (Å²) in [6.07, 6.45) is 10.6. The van der Waals surface area contributed by atoms with Crippen LogP contribution in [-0.2, 0) is 24.2 Å². The number of thiophene rings is 1. The molecule has 29 heavy (non-hydrogen) atoms. The Hall–Kier alpha value is -1.60. The van der Waals surface area contributed by atoms with Crippen LogP contribution in [0.4, 0.5) is 0 Å². The van der Waals surface area contributed by atoms with E-state index in [0.29, 0.717) is 11.7 Å². The van der Waals surface area contributed by atoms with E-state index in [4.69, 9.17) is 4.98 Å². The maximum atomic E-state index is 13.3. The third-order valence-electron chi connectivity index (χ3n) is 5.90. The van der Waals surface area contributed by atoms with E-state index in [9.17, 15) is 9.59 Å². The van der Waals surface area contributed by atoms with E-state index in [2.05, 4.69) is 6.58 Å². The SMILES string of the molecule is C=CCn1c(SC(C)C(=O)N2CCCCCC2)nc2sc3c(c2c1=O)CCCC3. The summed E-state index contributed by atoms with van der Waals surface area (Å²) in [5, 5.41) is 1.17. The number of hydrogen-bond donors (Lipinski definition) is 0. The molecule has 1 atom stereocenters. The summed E-state index contributed by atoms with van der Waals surface area (Å²) in [5.74, 6) is 0.155. The fraction of sp³-hybridized carbons (Fsp3) is 0.591. The van der Waals surface area contributed by atoms with Crippen LogP contribution in [0.15, 0.2) is 22.6 Å². The van der Waals surface area contributed by atoms with Crippen molar-refractivity contribution in [1.82, 2.24) is 14.5 Å². The summed E-state index contributed by atoms with van der Waals surface area (Å²) in [4.78, 5) is 35.4. The Morgan fingerprint density at radius 3 is 2.66 bits per heavy atom. The molecule has 2 aromatic rings. The molecule has 1 amide bonds. The van der Waals surface area contributed by atoms with E-state index in [1.807, 2.05) is 11.8 Å². The monoisotopic (exact) mass is 431 g/mol. The van der Waals surface area contributed by atoms with Crippen LogP contribution in [0.1, 0.15) is 55.9 Å². The van der Waals surface area contributed by atoms with Crippen LogP contribution in [0.2, 0.25) is 0 Å². The fourth-order valence-electron chi connectivity index (χ4n) is 4.36. The number of amides is 1. The molecule has 0 radical (unpaired) electrons. The van der Waals surface area contributed by atoms with Gasteiger partial charge in [0.05, 0.1) is 10.6 Å². The molecule has 1 aliphatic heterocycles. The zero-order valence-corrected chi connectivity index (χ0v) is 18.7. The van der Waals surface area contributed by atoms with Crippen molar-refractivity contribution in [3.8, 4) is 0 Å². The summed E-state index contributed by atoms with van der Waals surface area (Å²) in [6, 6.07) is 0. The Labute approximate surface area is 180 Å². The third-order valence-corrected chi connectivity index (χ3v) is 8.16. The van der Waals surface area contributed by atoms with Crippen LogP contribution in [0, 0.1) is 0 Å². The molecule has 2 aromatic heterocycles. The zero-order valence-electron chi connectivity index (χ0n) is 17.1. The first-order valence-electron chi connectivity index (χ1n) is 10.7. The second kappa shape index (κ2) is 9.04. The van der Waals surface area contributed by atoms with Crippen LogP contribution < -0.4 is 5.56 Å². The van der Waals surface area contributed by atoms with Gasteiger partial charge >= 0.3 is 0 Å². The lowest BCUT2D eigenvalue weighted by atomic mass is 9.97. The number of allylic oxidation sites excluding steroid dienone is 1. The van der Waals surface area contributed by atoms with Crippen molar-refractivity contribution in [2.75, 3.05) is 13.1 Å². The van der Waals surface area contributed by atoms with Gasteiger partial charge in [-0.1, -0.05) is 30.7 Å². The van der Waals surface area contributed by atoms with E-state index in [1.165, 1.54) is 41.5 Å². The molecule has 4 rings (SSSR count). The highest BCUT2D eigenvalue weighted by molar-refractivity contribution is 8.00. The standard InChI is InChI=1S/C22H29N3O2S2/c1-3-12-25-21(27)18-16-10-6-7-11-17(16)29-19(18)23-22(25)28-15(2)20(26)24-13-8-4-5-9-14-24/h3,15H,1,4-14H2,2H3. The smallest absolute Gasteiger partial charge is 0.263 e. The number of rotatable bonds is 5. The topological polar surface area (TPSA) is 55.2 Å². The van der Waals surface area contributed by atoms with Crippen LogP contribution in [0.25, 0.3) is 10.2 Å². The Morgan fingerprint density at radius 2 is 1.93 bits per heavy atom. The average Bonchev–Trinajstić information content (AvgIpc) is 2.88. The molecule has 1 saturated heterocycles. The molecule has 0 spiro atoms. The summed E-state index contributed by atoms with van der Waals surface area (Å²) in [7, 11) is 0. The van der Waals surface area contributed by atoms with Gasteiger partial charge in [0.2, 0.25) is 5.91 Å². The largest absolute Gasteiger partial charge is 0.342 e. The number of fused-ring (bicyclic) bond motifs is 3. The van der Waals surface area contributed by atoms with Crippen molar-refractivity contribution in [1.29, 1.82) is 0 Å². The lowest BCUT2D eigenvalue weighted by Crippen LogP contribution is -2.37. The summed E-state index contributed by atoms with van der Waals surface area (Å²) < 4.78 is 1.70. The van der Waals surface area contributed by atoms with E-state index in [0.717, 1.165) is 55.4 Å². The molecule has 1 aliphatic carbocycles. The minimum atomic E-state index is -0.261. The van der Waals surface area contributed by atoms with E-state index >= 15 is 0 Å². The number of likely N-dealkylation sites (tertiary alicyclic amines) is 1. The Balaban J connectivity index is 1.67. The first-order chi connectivity index (χ1) is 14.1. The Bertz CT molecular complexity index is 971. The number of aromatic nitrogens is 2. The number of aryl methyl sites for hydroxylation is 2. The van der Waals surface area contributed by atoms with Gasteiger partial charge in [-0.25, -0.2) is 4.98 Å². The predicted octanol–water partition coefficient (Wildman–Crippen LogP) is 4.41. The van der Waals surface area contributed by atoms with Crippen molar-refractivity contribution >= 4 is 39.2 Å². The van der Waals surface area contributed by atoms with Crippen molar-refractivity contribution < 1.29 is 4.79 Å². The Kier molecular flexibility index (Phi) is 6.44. The first-order valence-corrected chi connectivity index (χ1v) is 12.4. The molecule has 5 nitrogen and oxygen atoms in total. The van der Waals surface area contributed by atoms with Gasteiger partial charge in [0, 0.05) is 24.5 Å². The van der Waals surface area contributed by atoms with Crippen molar-refractivity contribution in [3.63, 3.8) is 0 Å². The van der Waals surface area contributed by atoms with Gasteiger partial charge in [0.25, 0.3) is 5.56 Å². The van der Waals surface area contributed by atoms with Crippen LogP contribution in [0.3, 0.4) is 0 Å². The van der Waals surface area contributed by atoms with Crippen molar-refractivity contribution in [2.24, 2.45) is 0 Å². The van der Waals surface area contributed by atoms with Crippen LogP contribution in [-0.4, -0.2) is 38.7 Å². The number of nitrogens with zero attached hydrogens (tertiary/aromatic N) is 3. The second-order valence-electron chi connectivity index (χ2n) is 7.99.